The van der Waals surface area contributed by atoms with Crippen LogP contribution in [0.4, 0.5) is 0 Å². The zero-order chi connectivity index (χ0) is 16.9. The van der Waals surface area contributed by atoms with E-state index in [9.17, 15) is 4.79 Å². The number of aromatic amines is 1. The van der Waals surface area contributed by atoms with Gasteiger partial charge in [0.15, 0.2) is 0 Å². The van der Waals surface area contributed by atoms with Crippen molar-refractivity contribution in [3.63, 3.8) is 0 Å². The Morgan fingerprint density at radius 3 is 3.08 bits per heavy atom. The second-order valence-corrected chi connectivity index (χ2v) is 7.20. The van der Waals surface area contributed by atoms with Gasteiger partial charge in [0.05, 0.1) is 0 Å². The summed E-state index contributed by atoms with van der Waals surface area (Å²) in [4.78, 5) is 15.5. The number of nitrogens with one attached hydrogen (secondary N) is 3. The Morgan fingerprint density at radius 2 is 2.29 bits per heavy atom. The van der Waals surface area contributed by atoms with Crippen LogP contribution in [0.3, 0.4) is 0 Å². The summed E-state index contributed by atoms with van der Waals surface area (Å²) in [6, 6.07) is 6.31. The van der Waals surface area contributed by atoms with Crippen LogP contribution in [0.5, 0.6) is 0 Å². The molecule has 2 heterocycles. The molecule has 1 saturated heterocycles. The minimum absolute atomic E-state index is 0.185. The highest BCUT2D eigenvalue weighted by molar-refractivity contribution is 5.86. The molecular weight excluding hydrogens is 298 g/mol. The molecule has 1 fully saturated rings. The molecule has 3 N–H and O–H groups in total. The van der Waals surface area contributed by atoms with Crippen molar-refractivity contribution in [2.75, 3.05) is 19.6 Å². The first-order valence-corrected chi connectivity index (χ1v) is 9.18. The van der Waals surface area contributed by atoms with E-state index in [1.54, 1.807) is 0 Å². The molecule has 4 nitrogen and oxygen atoms in total. The molecule has 2 unspecified atom stereocenters. The molecule has 24 heavy (non-hydrogen) atoms. The second kappa shape index (κ2) is 7.84. The molecule has 130 valence electrons. The van der Waals surface area contributed by atoms with E-state index in [1.165, 1.54) is 34.9 Å². The van der Waals surface area contributed by atoms with Gasteiger partial charge >= 0.3 is 0 Å². The van der Waals surface area contributed by atoms with Crippen LogP contribution >= 0.6 is 0 Å². The van der Waals surface area contributed by atoms with Crippen LogP contribution in [0, 0.1) is 18.8 Å². The monoisotopic (exact) mass is 327 g/mol. The summed E-state index contributed by atoms with van der Waals surface area (Å²) in [7, 11) is 0. The average molecular weight is 327 g/mol. The summed E-state index contributed by atoms with van der Waals surface area (Å²) in [5.74, 6) is 1.28. The summed E-state index contributed by atoms with van der Waals surface area (Å²) in [6.45, 7) is 7.23. The molecule has 0 radical (unpaired) electrons. The number of aromatic nitrogens is 1. The lowest BCUT2D eigenvalue weighted by molar-refractivity contribution is -0.122. The van der Waals surface area contributed by atoms with Crippen LogP contribution in [-0.2, 0) is 11.2 Å². The van der Waals surface area contributed by atoms with E-state index in [4.69, 9.17) is 0 Å². The smallest absolute Gasteiger partial charge is 0.220 e. The number of aryl methyl sites for hydroxylation is 1. The van der Waals surface area contributed by atoms with Gasteiger partial charge in [-0.25, -0.2) is 0 Å². The molecule has 0 spiro atoms. The minimum atomic E-state index is 0.185. The second-order valence-electron chi connectivity index (χ2n) is 7.20. The van der Waals surface area contributed by atoms with E-state index in [0.29, 0.717) is 24.8 Å². The SMILES string of the molecule is Cc1cccc2[nH]cc(CCNC(=O)CC(C)C3CCCNC3)c12. The number of H-pyrrole nitrogens is 1. The zero-order valence-corrected chi connectivity index (χ0v) is 14.8. The number of carbonyl (C=O) groups is 1. The van der Waals surface area contributed by atoms with Crippen molar-refractivity contribution >= 4 is 16.8 Å². The fraction of sp³-hybridized carbons (Fsp3) is 0.550. The molecule has 2 atom stereocenters. The predicted octanol–water partition coefficient (Wildman–Crippen LogP) is 3.16. The van der Waals surface area contributed by atoms with Gasteiger partial charge in [-0.05, 0) is 68.3 Å². The van der Waals surface area contributed by atoms with E-state index < -0.39 is 0 Å². The summed E-state index contributed by atoms with van der Waals surface area (Å²) in [6.07, 6.45) is 6.06. The summed E-state index contributed by atoms with van der Waals surface area (Å²) in [5, 5.41) is 7.84. The van der Waals surface area contributed by atoms with Crippen LogP contribution in [0.15, 0.2) is 24.4 Å². The predicted molar refractivity (Wildman–Crippen MR) is 99.1 cm³/mol. The molecule has 1 aliphatic heterocycles. The van der Waals surface area contributed by atoms with Gasteiger partial charge < -0.3 is 15.6 Å². The first kappa shape index (κ1) is 17.0. The first-order chi connectivity index (χ1) is 11.6. The minimum Gasteiger partial charge on any atom is -0.361 e. The lowest BCUT2D eigenvalue weighted by Gasteiger charge is -2.28. The van der Waals surface area contributed by atoms with Gasteiger partial charge in [0.1, 0.15) is 0 Å². The first-order valence-electron chi connectivity index (χ1n) is 9.18. The number of fused-ring (bicyclic) bond motifs is 1. The Kier molecular flexibility index (Phi) is 5.56. The fourth-order valence-corrected chi connectivity index (χ4v) is 3.88. The third-order valence-electron chi connectivity index (χ3n) is 5.36. The Hall–Kier alpha value is -1.81. The maximum absolute atomic E-state index is 12.2. The van der Waals surface area contributed by atoms with Crippen molar-refractivity contribution in [1.82, 2.24) is 15.6 Å². The van der Waals surface area contributed by atoms with Crippen molar-refractivity contribution in [2.24, 2.45) is 11.8 Å². The van der Waals surface area contributed by atoms with Gasteiger partial charge in [-0.15, -0.1) is 0 Å². The van der Waals surface area contributed by atoms with Crippen molar-refractivity contribution in [3.05, 3.63) is 35.5 Å². The molecule has 1 aliphatic rings. The van der Waals surface area contributed by atoms with E-state index in [-0.39, 0.29) is 5.91 Å². The van der Waals surface area contributed by atoms with Crippen LogP contribution in [0.1, 0.15) is 37.3 Å². The summed E-state index contributed by atoms with van der Waals surface area (Å²) < 4.78 is 0. The van der Waals surface area contributed by atoms with Gasteiger partial charge in [-0.3, -0.25) is 4.79 Å². The summed E-state index contributed by atoms with van der Waals surface area (Å²) >= 11 is 0. The van der Waals surface area contributed by atoms with E-state index in [1.807, 2.05) is 0 Å². The highest BCUT2D eigenvalue weighted by atomic mass is 16.1. The molecule has 0 bridgehead atoms. The van der Waals surface area contributed by atoms with E-state index in [0.717, 1.165) is 19.5 Å². The number of hydrogen-bond acceptors (Lipinski definition) is 2. The quantitative estimate of drug-likeness (QED) is 0.763. The Bertz CT molecular complexity index is 685. The van der Waals surface area contributed by atoms with Gasteiger partial charge in [0, 0.05) is 30.1 Å². The number of rotatable bonds is 6. The van der Waals surface area contributed by atoms with Crippen LogP contribution in [0.25, 0.3) is 10.9 Å². The van der Waals surface area contributed by atoms with Gasteiger partial charge in [-0.2, -0.15) is 0 Å². The number of piperidine rings is 1. The molecule has 1 amide bonds. The third-order valence-corrected chi connectivity index (χ3v) is 5.36. The van der Waals surface area contributed by atoms with Crippen molar-refractivity contribution < 1.29 is 4.79 Å². The number of benzene rings is 1. The standard InChI is InChI=1S/C20H29N3O/c1-14-5-3-7-18-20(14)17(13-23-18)8-10-22-19(24)11-15(2)16-6-4-9-21-12-16/h3,5,7,13,15-16,21,23H,4,6,8-12H2,1-2H3,(H,22,24). The zero-order valence-electron chi connectivity index (χ0n) is 14.8. The van der Waals surface area contributed by atoms with E-state index >= 15 is 0 Å². The molecule has 1 aromatic heterocycles. The maximum atomic E-state index is 12.2. The molecule has 0 saturated carbocycles. The fourth-order valence-electron chi connectivity index (χ4n) is 3.88. The van der Waals surface area contributed by atoms with Gasteiger partial charge in [-0.1, -0.05) is 19.1 Å². The van der Waals surface area contributed by atoms with Crippen LogP contribution < -0.4 is 10.6 Å². The van der Waals surface area contributed by atoms with Crippen molar-refractivity contribution in [3.8, 4) is 0 Å². The molecular formula is C20H29N3O. The Morgan fingerprint density at radius 1 is 1.42 bits per heavy atom. The maximum Gasteiger partial charge on any atom is 0.220 e. The molecule has 2 aromatic rings. The van der Waals surface area contributed by atoms with Crippen molar-refractivity contribution in [2.45, 2.75) is 39.5 Å². The molecule has 0 aliphatic carbocycles. The largest absolute Gasteiger partial charge is 0.361 e. The van der Waals surface area contributed by atoms with Crippen molar-refractivity contribution in [1.29, 1.82) is 0 Å². The topological polar surface area (TPSA) is 56.9 Å². The average Bonchev–Trinajstić information content (AvgIpc) is 3.00. The molecule has 4 heteroatoms. The van der Waals surface area contributed by atoms with Gasteiger partial charge in [0.25, 0.3) is 0 Å². The van der Waals surface area contributed by atoms with Crippen LogP contribution in [-0.4, -0.2) is 30.5 Å². The lowest BCUT2D eigenvalue weighted by atomic mass is 9.85. The van der Waals surface area contributed by atoms with Crippen LogP contribution in [0.2, 0.25) is 0 Å². The Labute approximate surface area is 144 Å². The lowest BCUT2D eigenvalue weighted by Crippen LogP contribution is -2.36. The number of hydrogen-bond donors (Lipinski definition) is 3. The normalized spacial score (nSPS) is 19.3. The van der Waals surface area contributed by atoms with Gasteiger partial charge in [0.2, 0.25) is 5.91 Å². The number of carbonyl (C=O) groups excluding carboxylic acids is 1. The highest BCUT2D eigenvalue weighted by Gasteiger charge is 2.21. The Balaban J connectivity index is 1.47. The summed E-state index contributed by atoms with van der Waals surface area (Å²) in [5.41, 5.74) is 3.75. The third kappa shape index (κ3) is 3.99. The molecule has 3 rings (SSSR count). The number of amides is 1. The van der Waals surface area contributed by atoms with E-state index in [2.05, 4.69) is 53.9 Å². The highest BCUT2D eigenvalue weighted by Crippen LogP contribution is 2.23. The molecule has 1 aromatic carbocycles.